The molecule has 1 aromatic heterocycles. The summed E-state index contributed by atoms with van der Waals surface area (Å²) in [6.07, 6.45) is 5.48. The van der Waals surface area contributed by atoms with E-state index in [9.17, 15) is 4.79 Å². The van der Waals surface area contributed by atoms with Crippen molar-refractivity contribution in [3.63, 3.8) is 0 Å². The van der Waals surface area contributed by atoms with E-state index in [0.717, 1.165) is 41.7 Å². The van der Waals surface area contributed by atoms with E-state index in [1.165, 1.54) is 17.5 Å². The van der Waals surface area contributed by atoms with Gasteiger partial charge in [0.05, 0.1) is 6.61 Å². The summed E-state index contributed by atoms with van der Waals surface area (Å²) in [7, 11) is 1.70. The Bertz CT molecular complexity index is 961. The largest absolute Gasteiger partial charge is 0.484 e. The topological polar surface area (TPSA) is 52.5 Å². The number of aromatic nitrogens is 1. The van der Waals surface area contributed by atoms with E-state index < -0.39 is 0 Å². The van der Waals surface area contributed by atoms with Gasteiger partial charge in [-0.3, -0.25) is 4.79 Å². The Hall–Kier alpha value is -2.79. The van der Waals surface area contributed by atoms with Crippen LogP contribution in [0.5, 0.6) is 5.75 Å². The predicted octanol–water partition coefficient (Wildman–Crippen LogP) is 3.79. The second-order valence-corrected chi connectivity index (χ2v) is 6.90. The molecule has 1 aliphatic rings. The van der Waals surface area contributed by atoms with Crippen molar-refractivity contribution in [3.05, 3.63) is 59.8 Å². The van der Waals surface area contributed by atoms with Gasteiger partial charge in [-0.25, -0.2) is 0 Å². The second-order valence-electron chi connectivity index (χ2n) is 6.90. The lowest BCUT2D eigenvalue weighted by Crippen LogP contribution is -2.20. The van der Waals surface area contributed by atoms with E-state index in [2.05, 4.69) is 22.0 Å². The van der Waals surface area contributed by atoms with Crippen LogP contribution < -0.4 is 10.1 Å². The van der Waals surface area contributed by atoms with Crippen molar-refractivity contribution in [1.82, 2.24) is 4.57 Å². The molecule has 140 valence electrons. The zero-order valence-electron chi connectivity index (χ0n) is 15.5. The third-order valence-electron chi connectivity index (χ3n) is 5.03. The summed E-state index contributed by atoms with van der Waals surface area (Å²) in [5.74, 6) is 0.602. The van der Waals surface area contributed by atoms with E-state index in [-0.39, 0.29) is 12.5 Å². The van der Waals surface area contributed by atoms with Gasteiger partial charge in [-0.05, 0) is 66.8 Å². The van der Waals surface area contributed by atoms with Crippen LogP contribution >= 0.6 is 0 Å². The van der Waals surface area contributed by atoms with Crippen LogP contribution in [-0.4, -0.2) is 30.8 Å². The number of fused-ring (bicyclic) bond motifs is 2. The van der Waals surface area contributed by atoms with E-state index in [1.807, 2.05) is 36.5 Å². The van der Waals surface area contributed by atoms with Crippen LogP contribution in [0.4, 0.5) is 5.69 Å². The Morgan fingerprint density at radius 3 is 2.89 bits per heavy atom. The number of anilines is 1. The number of rotatable bonds is 7. The normalized spacial score (nSPS) is 12.9. The number of hydrogen-bond donors (Lipinski definition) is 1. The standard InChI is InChI=1S/C22H24N2O3/c1-26-12-11-24-10-9-18-13-19(6-8-21(18)24)23-22(25)15-27-20-7-5-16-3-2-4-17(16)14-20/h5-10,13-14H,2-4,11-12,15H2,1H3,(H,23,25). The molecule has 4 rings (SSSR count). The number of nitrogens with one attached hydrogen (secondary N) is 1. The van der Waals surface area contributed by atoms with E-state index in [4.69, 9.17) is 9.47 Å². The highest BCUT2D eigenvalue weighted by molar-refractivity contribution is 5.94. The molecule has 27 heavy (non-hydrogen) atoms. The maximum absolute atomic E-state index is 12.2. The third-order valence-corrected chi connectivity index (χ3v) is 5.03. The summed E-state index contributed by atoms with van der Waals surface area (Å²) in [5.41, 5.74) is 4.64. The SMILES string of the molecule is COCCn1ccc2cc(NC(=O)COc3ccc4c(c3)CCC4)ccc21. The first kappa shape index (κ1) is 17.6. The Morgan fingerprint density at radius 2 is 2.00 bits per heavy atom. The molecule has 3 aromatic rings. The molecule has 5 heteroatoms. The Morgan fingerprint density at radius 1 is 1.11 bits per heavy atom. The number of hydrogen-bond acceptors (Lipinski definition) is 3. The summed E-state index contributed by atoms with van der Waals surface area (Å²) >= 11 is 0. The molecule has 0 aliphatic heterocycles. The quantitative estimate of drug-likeness (QED) is 0.694. The smallest absolute Gasteiger partial charge is 0.262 e. The number of carbonyl (C=O) groups excluding carboxylic acids is 1. The maximum Gasteiger partial charge on any atom is 0.262 e. The number of ether oxygens (including phenoxy) is 2. The fraction of sp³-hybridized carbons (Fsp3) is 0.318. The van der Waals surface area contributed by atoms with E-state index in [1.54, 1.807) is 7.11 Å². The average Bonchev–Trinajstić information content (AvgIpc) is 3.30. The molecule has 0 unspecified atom stereocenters. The predicted molar refractivity (Wildman–Crippen MR) is 106 cm³/mol. The fourth-order valence-electron chi connectivity index (χ4n) is 3.65. The van der Waals surface area contributed by atoms with Crippen LogP contribution in [0, 0.1) is 0 Å². The molecule has 1 aliphatic carbocycles. The van der Waals surface area contributed by atoms with E-state index in [0.29, 0.717) is 6.61 Å². The number of carbonyl (C=O) groups is 1. The first-order valence-corrected chi connectivity index (χ1v) is 9.35. The number of amides is 1. The molecule has 0 bridgehead atoms. The lowest BCUT2D eigenvalue weighted by atomic mass is 10.1. The molecule has 0 fully saturated rings. The molecule has 1 N–H and O–H groups in total. The zero-order chi connectivity index (χ0) is 18.6. The first-order valence-electron chi connectivity index (χ1n) is 9.35. The molecule has 1 amide bonds. The monoisotopic (exact) mass is 364 g/mol. The number of benzene rings is 2. The highest BCUT2D eigenvalue weighted by Gasteiger charge is 2.12. The minimum absolute atomic E-state index is 0.00563. The van der Waals surface area contributed by atoms with Crippen LogP contribution in [0.25, 0.3) is 10.9 Å². The number of aryl methyl sites for hydroxylation is 2. The van der Waals surface area contributed by atoms with Crippen molar-refractivity contribution in [2.45, 2.75) is 25.8 Å². The van der Waals surface area contributed by atoms with Crippen LogP contribution in [0.15, 0.2) is 48.7 Å². The Labute approximate surface area is 158 Å². The summed E-state index contributed by atoms with van der Waals surface area (Å²) in [4.78, 5) is 12.2. The molecule has 0 saturated heterocycles. The first-order chi connectivity index (χ1) is 13.2. The van der Waals surface area contributed by atoms with E-state index >= 15 is 0 Å². The summed E-state index contributed by atoms with van der Waals surface area (Å²) in [6, 6.07) is 14.1. The highest BCUT2D eigenvalue weighted by atomic mass is 16.5. The van der Waals surface area contributed by atoms with Crippen LogP contribution in [0.3, 0.4) is 0 Å². The van der Waals surface area contributed by atoms with Gasteiger partial charge in [0.1, 0.15) is 5.75 Å². The number of nitrogens with zero attached hydrogens (tertiary/aromatic N) is 1. The minimum Gasteiger partial charge on any atom is -0.484 e. The Balaban J connectivity index is 1.36. The summed E-state index contributed by atoms with van der Waals surface area (Å²) in [6.45, 7) is 1.48. The lowest BCUT2D eigenvalue weighted by molar-refractivity contribution is -0.118. The van der Waals surface area contributed by atoms with Crippen molar-refractivity contribution < 1.29 is 14.3 Å². The molecule has 1 heterocycles. The van der Waals surface area contributed by atoms with Crippen LogP contribution in [-0.2, 0) is 28.9 Å². The Kier molecular flexibility index (Phi) is 5.12. The van der Waals surface area contributed by atoms with Crippen LogP contribution in [0.1, 0.15) is 17.5 Å². The molecule has 2 aromatic carbocycles. The van der Waals surface area contributed by atoms with Crippen molar-refractivity contribution >= 4 is 22.5 Å². The van der Waals surface area contributed by atoms with Crippen molar-refractivity contribution in [2.24, 2.45) is 0 Å². The molecule has 5 nitrogen and oxygen atoms in total. The van der Waals surface area contributed by atoms with Crippen LogP contribution in [0.2, 0.25) is 0 Å². The molecular weight excluding hydrogens is 340 g/mol. The highest BCUT2D eigenvalue weighted by Crippen LogP contribution is 2.26. The minimum atomic E-state index is -0.159. The maximum atomic E-state index is 12.2. The van der Waals surface area contributed by atoms with Gasteiger partial charge in [0.2, 0.25) is 0 Å². The van der Waals surface area contributed by atoms with Gasteiger partial charge in [-0.2, -0.15) is 0 Å². The van der Waals surface area contributed by atoms with Crippen molar-refractivity contribution in [3.8, 4) is 5.75 Å². The molecule has 0 spiro atoms. The molecular formula is C22H24N2O3. The second kappa shape index (κ2) is 7.84. The lowest BCUT2D eigenvalue weighted by Gasteiger charge is -2.10. The van der Waals surface area contributed by atoms with Crippen molar-refractivity contribution in [2.75, 3.05) is 25.6 Å². The summed E-state index contributed by atoms with van der Waals surface area (Å²) < 4.78 is 12.9. The summed E-state index contributed by atoms with van der Waals surface area (Å²) in [5, 5.41) is 4.00. The molecule has 0 atom stereocenters. The van der Waals surface area contributed by atoms with Gasteiger partial charge >= 0.3 is 0 Å². The van der Waals surface area contributed by atoms with Gasteiger partial charge in [0.25, 0.3) is 5.91 Å². The average molecular weight is 364 g/mol. The number of methoxy groups -OCH3 is 1. The fourth-order valence-corrected chi connectivity index (χ4v) is 3.65. The van der Waals surface area contributed by atoms with Gasteiger partial charge in [0, 0.05) is 36.4 Å². The van der Waals surface area contributed by atoms with Crippen molar-refractivity contribution in [1.29, 1.82) is 0 Å². The molecule has 0 radical (unpaired) electrons. The van der Waals surface area contributed by atoms with Gasteiger partial charge in [0.15, 0.2) is 6.61 Å². The van der Waals surface area contributed by atoms with Gasteiger partial charge in [-0.1, -0.05) is 6.07 Å². The molecule has 0 saturated carbocycles. The third kappa shape index (κ3) is 3.98. The van der Waals surface area contributed by atoms with Gasteiger partial charge < -0.3 is 19.4 Å². The van der Waals surface area contributed by atoms with Gasteiger partial charge in [-0.15, -0.1) is 0 Å². The zero-order valence-corrected chi connectivity index (χ0v) is 15.5.